The zero-order chi connectivity index (χ0) is 8.55. The van der Waals surface area contributed by atoms with Crippen molar-refractivity contribution < 1.29 is 43.9 Å². The summed E-state index contributed by atoms with van der Waals surface area (Å²) in [6, 6.07) is 8.54. The van der Waals surface area contributed by atoms with Gasteiger partial charge in [-0.2, -0.15) is 0 Å². The van der Waals surface area contributed by atoms with Gasteiger partial charge in [-0.05, 0) is 12.1 Å². The fraction of sp³-hybridized carbons (Fsp3) is 0. The molecule has 0 saturated carbocycles. The van der Waals surface area contributed by atoms with Gasteiger partial charge in [0.15, 0.2) is 5.76 Å². The summed E-state index contributed by atoms with van der Waals surface area (Å²) in [4.78, 5) is 10.4. The minimum absolute atomic E-state index is 0. The van der Waals surface area contributed by atoms with Crippen molar-refractivity contribution in [3.05, 3.63) is 36.1 Å². The molecule has 3 nitrogen and oxygen atoms in total. The number of carboxylic acid groups (broad SMARTS) is 1. The second-order valence-electron chi connectivity index (χ2n) is 2.44. The Kier molecular flexibility index (Phi) is 3.14. The van der Waals surface area contributed by atoms with E-state index in [9.17, 15) is 9.90 Å². The van der Waals surface area contributed by atoms with Crippen molar-refractivity contribution in [1.82, 2.24) is 0 Å². The van der Waals surface area contributed by atoms with Gasteiger partial charge in [-0.15, -0.1) is 0 Å². The average Bonchev–Trinajstić information content (AvgIpc) is 2.46. The van der Waals surface area contributed by atoms with E-state index in [4.69, 9.17) is 4.42 Å². The molecule has 0 bridgehead atoms. The summed E-state index contributed by atoms with van der Waals surface area (Å²) in [5.41, 5.74) is 0.566. The van der Waals surface area contributed by atoms with Gasteiger partial charge in [0, 0.05) is 5.39 Å². The van der Waals surface area contributed by atoms with E-state index in [-0.39, 0.29) is 35.3 Å². The molecular weight excluding hydrogens is 179 g/mol. The Morgan fingerprint density at radius 2 is 2.00 bits per heavy atom. The van der Waals surface area contributed by atoms with E-state index in [1.165, 1.54) is 6.07 Å². The van der Waals surface area contributed by atoms with Gasteiger partial charge in [-0.3, -0.25) is 0 Å². The molecule has 0 atom stereocenters. The normalized spacial score (nSPS) is 9.54. The van der Waals surface area contributed by atoms with E-state index >= 15 is 0 Å². The van der Waals surface area contributed by atoms with Crippen LogP contribution in [0.2, 0.25) is 0 Å². The molecule has 2 aromatic rings. The van der Waals surface area contributed by atoms with Crippen molar-refractivity contribution in [2.24, 2.45) is 0 Å². The van der Waals surface area contributed by atoms with Gasteiger partial charge in [0.25, 0.3) is 0 Å². The molecule has 0 fully saturated rings. The van der Waals surface area contributed by atoms with Gasteiger partial charge < -0.3 is 14.3 Å². The molecule has 13 heavy (non-hydrogen) atoms. The van der Waals surface area contributed by atoms with E-state index in [1.54, 1.807) is 18.2 Å². The Balaban J connectivity index is 0.000000845. The van der Waals surface area contributed by atoms with Crippen LogP contribution < -0.4 is 34.7 Å². The van der Waals surface area contributed by atoms with Crippen LogP contribution in [0.4, 0.5) is 0 Å². The van der Waals surface area contributed by atoms with E-state index < -0.39 is 5.97 Å². The van der Waals surface area contributed by atoms with Crippen LogP contribution in [0.25, 0.3) is 11.0 Å². The smallest absolute Gasteiger partial charge is 0.542 e. The van der Waals surface area contributed by atoms with Crippen molar-refractivity contribution in [1.29, 1.82) is 0 Å². The molecule has 0 unspecified atom stereocenters. The molecule has 1 aromatic carbocycles. The molecule has 0 amide bonds. The van der Waals surface area contributed by atoms with Crippen LogP contribution in [-0.4, -0.2) is 5.97 Å². The molecule has 0 aliphatic carbocycles. The van der Waals surface area contributed by atoms with Crippen molar-refractivity contribution in [3.8, 4) is 0 Å². The third-order valence-electron chi connectivity index (χ3n) is 1.63. The van der Waals surface area contributed by atoms with Crippen molar-refractivity contribution >= 4 is 16.9 Å². The first kappa shape index (κ1) is 10.3. The predicted molar refractivity (Wildman–Crippen MR) is 40.5 cm³/mol. The van der Waals surface area contributed by atoms with Crippen molar-refractivity contribution in [3.63, 3.8) is 0 Å². The Morgan fingerprint density at radius 3 is 2.62 bits per heavy atom. The van der Waals surface area contributed by atoms with Crippen molar-refractivity contribution in [2.45, 2.75) is 0 Å². The largest absolute Gasteiger partial charge is 1.00 e. The SMILES string of the molecule is O=C([O-])c1cc2ccccc2o1.[Na+]. The number of furan rings is 1. The number of fused-ring (bicyclic) bond motifs is 1. The number of para-hydroxylation sites is 1. The van der Waals surface area contributed by atoms with E-state index in [0.29, 0.717) is 5.58 Å². The quantitative estimate of drug-likeness (QED) is 0.473. The number of hydrogen-bond donors (Lipinski definition) is 0. The third kappa shape index (κ3) is 1.94. The third-order valence-corrected chi connectivity index (χ3v) is 1.63. The van der Waals surface area contributed by atoms with Gasteiger partial charge in [0.05, 0.1) is 0 Å². The van der Waals surface area contributed by atoms with Gasteiger partial charge in [0.1, 0.15) is 11.6 Å². The fourth-order valence-electron chi connectivity index (χ4n) is 1.08. The van der Waals surface area contributed by atoms with Crippen molar-refractivity contribution in [2.75, 3.05) is 0 Å². The van der Waals surface area contributed by atoms with Gasteiger partial charge in [-0.25, -0.2) is 0 Å². The first-order valence-corrected chi connectivity index (χ1v) is 3.47. The summed E-state index contributed by atoms with van der Waals surface area (Å²) in [6.45, 7) is 0. The maximum absolute atomic E-state index is 10.4. The van der Waals surface area contributed by atoms with Crippen LogP contribution in [-0.2, 0) is 0 Å². The summed E-state index contributed by atoms with van der Waals surface area (Å²) in [6.07, 6.45) is 0. The summed E-state index contributed by atoms with van der Waals surface area (Å²) >= 11 is 0. The summed E-state index contributed by atoms with van der Waals surface area (Å²) in [5, 5.41) is 11.1. The second kappa shape index (κ2) is 3.96. The minimum atomic E-state index is -1.29. The number of aromatic carboxylic acids is 1. The number of carbonyl (C=O) groups is 1. The monoisotopic (exact) mass is 184 g/mol. The number of carbonyl (C=O) groups excluding carboxylic acids is 1. The topological polar surface area (TPSA) is 53.3 Å². The predicted octanol–water partition coefficient (Wildman–Crippen LogP) is -2.20. The molecule has 0 saturated heterocycles. The van der Waals surface area contributed by atoms with Gasteiger partial charge >= 0.3 is 29.6 Å². The Morgan fingerprint density at radius 1 is 1.31 bits per heavy atom. The summed E-state index contributed by atoms with van der Waals surface area (Å²) in [7, 11) is 0. The molecule has 0 radical (unpaired) electrons. The van der Waals surface area contributed by atoms with E-state index in [2.05, 4.69) is 0 Å². The molecule has 0 spiro atoms. The molecule has 60 valence electrons. The van der Waals surface area contributed by atoms with Crippen LogP contribution in [0.5, 0.6) is 0 Å². The molecular formula is C9H5NaO3. The molecule has 1 aromatic heterocycles. The zero-order valence-corrected chi connectivity index (χ0v) is 9.11. The van der Waals surface area contributed by atoms with Crippen LogP contribution in [0.1, 0.15) is 10.6 Å². The first-order valence-electron chi connectivity index (χ1n) is 3.47. The fourth-order valence-corrected chi connectivity index (χ4v) is 1.08. The molecule has 2 rings (SSSR count). The van der Waals surface area contributed by atoms with Crippen LogP contribution in [0.3, 0.4) is 0 Å². The standard InChI is InChI=1S/C9H6O3.Na/c10-9(11)8-5-6-3-1-2-4-7(6)12-8;/h1-5H,(H,10,11);/q;+1/p-1. The minimum Gasteiger partial charge on any atom is -0.542 e. The van der Waals surface area contributed by atoms with Gasteiger partial charge in [-0.1, -0.05) is 18.2 Å². The summed E-state index contributed by atoms with van der Waals surface area (Å²) in [5.74, 6) is -1.41. The molecule has 1 heterocycles. The average molecular weight is 184 g/mol. The number of hydrogen-bond acceptors (Lipinski definition) is 3. The number of carboxylic acids is 1. The van der Waals surface area contributed by atoms with Crippen LogP contribution in [0, 0.1) is 0 Å². The number of rotatable bonds is 1. The molecule has 0 aliphatic rings. The number of benzene rings is 1. The van der Waals surface area contributed by atoms with E-state index in [1.807, 2.05) is 6.07 Å². The second-order valence-corrected chi connectivity index (χ2v) is 2.44. The van der Waals surface area contributed by atoms with Crippen LogP contribution in [0.15, 0.2) is 34.7 Å². The Bertz CT molecular complexity index is 400. The molecule has 0 N–H and O–H groups in total. The zero-order valence-electron chi connectivity index (χ0n) is 7.11. The summed E-state index contributed by atoms with van der Waals surface area (Å²) < 4.78 is 4.97. The maximum atomic E-state index is 10.4. The first-order chi connectivity index (χ1) is 5.77. The molecule has 0 aliphatic heterocycles. The van der Waals surface area contributed by atoms with Gasteiger partial charge in [0.2, 0.25) is 0 Å². The Hall–Kier alpha value is -0.770. The molecule has 4 heteroatoms. The maximum Gasteiger partial charge on any atom is 1.00 e. The van der Waals surface area contributed by atoms with E-state index in [0.717, 1.165) is 5.39 Å². The van der Waals surface area contributed by atoms with Crippen LogP contribution >= 0.6 is 0 Å². The Labute approximate surface area is 96.6 Å².